The van der Waals surface area contributed by atoms with Crippen molar-refractivity contribution in [1.29, 1.82) is 5.26 Å². The molecule has 0 radical (unpaired) electrons. The van der Waals surface area contributed by atoms with Crippen LogP contribution in [0.5, 0.6) is 0 Å². The van der Waals surface area contributed by atoms with Gasteiger partial charge in [0.15, 0.2) is 0 Å². The normalized spacial score (nSPS) is 11.4. The predicted octanol–water partition coefficient (Wildman–Crippen LogP) is 4.31. The van der Waals surface area contributed by atoms with Crippen molar-refractivity contribution < 1.29 is 8.78 Å². The summed E-state index contributed by atoms with van der Waals surface area (Å²) in [7, 11) is 0. The van der Waals surface area contributed by atoms with E-state index in [9.17, 15) is 13.6 Å². The molecule has 6 aromatic rings. The van der Waals surface area contributed by atoms with E-state index >= 15 is 0 Å². The number of nitriles is 1. The maximum atomic E-state index is 14.5. The first-order valence-corrected chi connectivity index (χ1v) is 11.0. The number of halogens is 3. The first kappa shape index (κ1) is 21.7. The summed E-state index contributed by atoms with van der Waals surface area (Å²) in [6, 6.07) is 14.2. The van der Waals surface area contributed by atoms with Crippen LogP contribution >= 0.6 is 11.6 Å². The molecular formula is C24H13ClF2N8O. The zero-order chi connectivity index (χ0) is 25.0. The van der Waals surface area contributed by atoms with Crippen LogP contribution in [0.3, 0.4) is 0 Å². The number of nitrogens with one attached hydrogen (secondary N) is 2. The molecule has 0 unspecified atom stereocenters. The smallest absolute Gasteiger partial charge is 0.306 e. The van der Waals surface area contributed by atoms with E-state index in [1.807, 2.05) is 0 Å². The number of nitrogens with zero attached hydrogens (tertiary/aromatic N) is 6. The van der Waals surface area contributed by atoms with Crippen LogP contribution in [0.2, 0.25) is 5.02 Å². The fourth-order valence-corrected chi connectivity index (χ4v) is 4.40. The molecule has 176 valence electrons. The Morgan fingerprint density at radius 2 is 1.81 bits per heavy atom. The Labute approximate surface area is 205 Å². The number of hydrogen-bond acceptors (Lipinski definition) is 5. The van der Waals surface area contributed by atoms with Gasteiger partial charge in [0.05, 0.1) is 51.1 Å². The lowest BCUT2D eigenvalue weighted by Gasteiger charge is -2.11. The molecule has 9 nitrogen and oxygen atoms in total. The minimum Gasteiger partial charge on any atom is -0.306 e. The summed E-state index contributed by atoms with van der Waals surface area (Å²) in [5.41, 5.74) is 3.48. The molecule has 36 heavy (non-hydrogen) atoms. The Bertz CT molecular complexity index is 1890. The van der Waals surface area contributed by atoms with Gasteiger partial charge in [-0.15, -0.1) is 5.10 Å². The van der Waals surface area contributed by atoms with Gasteiger partial charge in [0.25, 0.3) is 0 Å². The summed E-state index contributed by atoms with van der Waals surface area (Å²) in [6.45, 7) is -0.198. The van der Waals surface area contributed by atoms with E-state index in [1.54, 1.807) is 47.1 Å². The molecule has 0 fully saturated rings. The lowest BCUT2D eigenvalue weighted by atomic mass is 10.1. The molecule has 0 spiro atoms. The van der Waals surface area contributed by atoms with Crippen molar-refractivity contribution in [3.63, 3.8) is 0 Å². The second kappa shape index (κ2) is 8.14. The van der Waals surface area contributed by atoms with Crippen LogP contribution in [0.4, 0.5) is 8.78 Å². The number of rotatable bonds is 4. The summed E-state index contributed by atoms with van der Waals surface area (Å²) in [6.07, 6.45) is 1.51. The lowest BCUT2D eigenvalue weighted by Crippen LogP contribution is -2.08. The van der Waals surface area contributed by atoms with Crippen molar-refractivity contribution in [2.45, 2.75) is 6.54 Å². The zero-order valence-corrected chi connectivity index (χ0v) is 18.9. The molecule has 3 heterocycles. The van der Waals surface area contributed by atoms with Crippen LogP contribution in [-0.2, 0) is 6.54 Å². The first-order valence-electron chi connectivity index (χ1n) is 10.6. The number of fused-ring (bicyclic) bond motifs is 2. The molecule has 0 amide bonds. The van der Waals surface area contributed by atoms with E-state index < -0.39 is 11.6 Å². The number of H-pyrrole nitrogens is 2. The minimum atomic E-state index is -0.832. The molecule has 3 aromatic carbocycles. The Balaban J connectivity index is 1.45. The third-order valence-corrected chi connectivity index (χ3v) is 6.13. The number of aromatic amines is 2. The molecule has 6 rings (SSSR count). The lowest BCUT2D eigenvalue weighted by molar-refractivity contribution is 0.533. The van der Waals surface area contributed by atoms with Crippen LogP contribution in [0.1, 0.15) is 11.1 Å². The van der Waals surface area contributed by atoms with E-state index in [-0.39, 0.29) is 23.4 Å². The Morgan fingerprint density at radius 3 is 2.58 bits per heavy atom. The molecule has 0 saturated heterocycles. The second-order valence-corrected chi connectivity index (χ2v) is 8.45. The van der Waals surface area contributed by atoms with Crippen molar-refractivity contribution in [1.82, 2.24) is 34.7 Å². The number of imidazole rings is 1. The number of aromatic nitrogens is 7. The maximum absolute atomic E-state index is 14.5. The fraction of sp³-hybridized carbons (Fsp3) is 0.0417. The molecule has 0 aliphatic rings. The molecular weight excluding hydrogens is 490 g/mol. The average Bonchev–Trinajstić information content (AvgIpc) is 3.58. The summed E-state index contributed by atoms with van der Waals surface area (Å²) in [5.74, 6) is -1.66. The van der Waals surface area contributed by atoms with Crippen LogP contribution in [0, 0.1) is 23.0 Å². The summed E-state index contributed by atoms with van der Waals surface area (Å²) in [4.78, 5) is 17.0. The fourth-order valence-electron chi connectivity index (χ4n) is 4.15. The minimum absolute atomic E-state index is 0.102. The Kier molecular flexibility index (Phi) is 4.91. The number of benzene rings is 3. The second-order valence-electron chi connectivity index (χ2n) is 8.04. The van der Waals surface area contributed by atoms with Crippen LogP contribution in [0.15, 0.2) is 59.5 Å². The van der Waals surface area contributed by atoms with Gasteiger partial charge in [0.1, 0.15) is 17.2 Å². The van der Waals surface area contributed by atoms with E-state index in [2.05, 4.69) is 25.4 Å². The van der Waals surface area contributed by atoms with E-state index in [0.717, 1.165) is 12.1 Å². The highest BCUT2D eigenvalue weighted by molar-refractivity contribution is 6.35. The molecule has 0 aliphatic carbocycles. The highest BCUT2D eigenvalue weighted by atomic mass is 35.5. The van der Waals surface area contributed by atoms with Gasteiger partial charge in [0.2, 0.25) is 0 Å². The third kappa shape index (κ3) is 3.52. The van der Waals surface area contributed by atoms with Gasteiger partial charge in [-0.2, -0.15) is 10.4 Å². The van der Waals surface area contributed by atoms with Crippen molar-refractivity contribution >= 4 is 33.7 Å². The van der Waals surface area contributed by atoms with E-state index in [4.69, 9.17) is 16.9 Å². The monoisotopic (exact) mass is 502 g/mol. The molecule has 0 aliphatic heterocycles. The van der Waals surface area contributed by atoms with Gasteiger partial charge in [-0.25, -0.2) is 18.3 Å². The van der Waals surface area contributed by atoms with Crippen LogP contribution in [-0.4, -0.2) is 34.7 Å². The molecule has 0 atom stereocenters. The van der Waals surface area contributed by atoms with E-state index in [0.29, 0.717) is 44.0 Å². The third-order valence-electron chi connectivity index (χ3n) is 5.84. The van der Waals surface area contributed by atoms with Crippen molar-refractivity contribution in [3.8, 4) is 23.0 Å². The van der Waals surface area contributed by atoms with Crippen LogP contribution < -0.4 is 5.69 Å². The van der Waals surface area contributed by atoms with Gasteiger partial charge in [0, 0.05) is 17.3 Å². The highest BCUT2D eigenvalue weighted by Gasteiger charge is 2.18. The van der Waals surface area contributed by atoms with Crippen molar-refractivity contribution in [3.05, 3.63) is 93.0 Å². The quantitative estimate of drug-likeness (QED) is 0.372. The van der Waals surface area contributed by atoms with E-state index in [1.165, 1.54) is 10.9 Å². The van der Waals surface area contributed by atoms with Gasteiger partial charge in [-0.1, -0.05) is 16.8 Å². The van der Waals surface area contributed by atoms with Gasteiger partial charge >= 0.3 is 5.69 Å². The summed E-state index contributed by atoms with van der Waals surface area (Å²) >= 11 is 6.53. The van der Waals surface area contributed by atoms with Gasteiger partial charge < -0.3 is 9.97 Å². The highest BCUT2D eigenvalue weighted by Crippen LogP contribution is 2.31. The largest absolute Gasteiger partial charge is 0.323 e. The predicted molar refractivity (Wildman–Crippen MR) is 128 cm³/mol. The number of hydrogen-bond donors (Lipinski definition) is 2. The van der Waals surface area contributed by atoms with Gasteiger partial charge in [-0.05, 0) is 48.5 Å². The first-order chi connectivity index (χ1) is 17.4. The SMILES string of the molecule is N#Cc1cc(F)c(Cn2nccc2-c2cc(Cl)c3nnn(-c4ccc5[nH]c(=O)[nH]c5c4)c3c2)c(F)c1. The standard InChI is InChI=1S/C24H13ClF2N8O/c25-16-7-13(21-3-4-29-34(21)11-15-17(26)5-12(10-28)6-18(15)27)8-22-23(16)32-33-35(22)14-1-2-19-20(9-14)31-24(36)30-19/h1-9H,11H2,(H2,30,31,36). The molecule has 0 saturated carbocycles. The summed E-state index contributed by atoms with van der Waals surface area (Å²) < 4.78 is 32.0. The Hall–Kier alpha value is -4.82. The average molecular weight is 503 g/mol. The van der Waals surface area contributed by atoms with Crippen molar-refractivity contribution in [2.24, 2.45) is 0 Å². The zero-order valence-electron chi connectivity index (χ0n) is 18.1. The maximum Gasteiger partial charge on any atom is 0.323 e. The topological polar surface area (TPSA) is 121 Å². The summed E-state index contributed by atoms with van der Waals surface area (Å²) in [5, 5.41) is 21.9. The molecule has 12 heteroatoms. The molecule has 0 bridgehead atoms. The molecule has 2 N–H and O–H groups in total. The van der Waals surface area contributed by atoms with Crippen LogP contribution in [0.25, 0.3) is 39.0 Å². The van der Waals surface area contributed by atoms with Crippen molar-refractivity contribution in [2.75, 3.05) is 0 Å². The molecule has 3 aromatic heterocycles. The van der Waals surface area contributed by atoms with Gasteiger partial charge in [-0.3, -0.25) is 4.68 Å². The Morgan fingerprint density at radius 1 is 1.03 bits per heavy atom.